The van der Waals surface area contributed by atoms with Crippen LogP contribution in [0.5, 0.6) is 11.8 Å². The zero-order chi connectivity index (χ0) is 33.6. The lowest BCUT2D eigenvalue weighted by molar-refractivity contribution is -0.123. The first-order valence-corrected chi connectivity index (χ1v) is 16.8. The van der Waals surface area contributed by atoms with Crippen LogP contribution in [0, 0.1) is 11.8 Å². The predicted molar refractivity (Wildman–Crippen MR) is 184 cm³/mol. The monoisotopic (exact) mass is 689 g/mol. The number of nitrogens with one attached hydrogen (secondary N) is 3. The maximum absolute atomic E-state index is 11.9. The number of aromatic nitrogens is 4. The number of benzene rings is 2. The lowest BCUT2D eigenvalue weighted by Crippen LogP contribution is -2.29. The summed E-state index contributed by atoms with van der Waals surface area (Å²) in [6.07, 6.45) is 7.31. The Morgan fingerprint density at radius 3 is 1.83 bits per heavy atom. The molecule has 0 bridgehead atoms. The van der Waals surface area contributed by atoms with Crippen LogP contribution in [-0.4, -0.2) is 65.6 Å². The van der Waals surface area contributed by atoms with E-state index in [9.17, 15) is 9.59 Å². The summed E-state index contributed by atoms with van der Waals surface area (Å²) in [5.41, 5.74) is 5.28. The smallest absolute Gasteiger partial charge is 0.237 e. The largest absolute Gasteiger partial charge is 0.480 e. The highest BCUT2D eigenvalue weighted by atomic mass is 35.5. The van der Waals surface area contributed by atoms with E-state index in [-0.39, 0.29) is 23.7 Å². The van der Waals surface area contributed by atoms with Crippen LogP contribution < -0.4 is 25.4 Å². The van der Waals surface area contributed by atoms with E-state index < -0.39 is 0 Å². The van der Waals surface area contributed by atoms with Gasteiger partial charge >= 0.3 is 0 Å². The van der Waals surface area contributed by atoms with E-state index >= 15 is 0 Å². The van der Waals surface area contributed by atoms with Crippen molar-refractivity contribution in [1.82, 2.24) is 35.9 Å². The minimum Gasteiger partial charge on any atom is -0.480 e. The third kappa shape index (κ3) is 7.23. The number of ether oxygens (including phenoxy) is 2. The van der Waals surface area contributed by atoms with Crippen LogP contribution in [0.1, 0.15) is 37.1 Å². The molecule has 2 aromatic carbocycles. The fourth-order valence-electron chi connectivity index (χ4n) is 6.19. The minimum absolute atomic E-state index is 0.0494. The average molecular weight is 691 g/mol. The summed E-state index contributed by atoms with van der Waals surface area (Å²) in [4.78, 5) is 42.5. The minimum atomic E-state index is -0.0494. The van der Waals surface area contributed by atoms with Crippen LogP contribution >= 0.6 is 23.2 Å². The molecule has 0 radical (unpaired) electrons. The van der Waals surface area contributed by atoms with Crippen LogP contribution in [0.4, 0.5) is 0 Å². The number of carbonyl (C=O) groups excluding carboxylic acids is 2. The fraction of sp³-hybridized carbons (Fsp3) is 0.371. The topological polar surface area (TPSA) is 140 Å². The summed E-state index contributed by atoms with van der Waals surface area (Å²) in [6.45, 7) is 2.41. The number of hydrogen-bond donors (Lipinski definition) is 3. The number of methoxy groups -OCH3 is 2. The number of rotatable bonds is 13. The molecule has 2 unspecified atom stereocenters. The summed E-state index contributed by atoms with van der Waals surface area (Å²) in [6, 6.07) is 11.3. The third-order valence-corrected chi connectivity index (χ3v) is 9.64. The molecule has 0 spiro atoms. The van der Waals surface area contributed by atoms with E-state index in [2.05, 4.69) is 25.9 Å². The van der Waals surface area contributed by atoms with Gasteiger partial charge in [0, 0.05) is 54.4 Å². The van der Waals surface area contributed by atoms with E-state index in [4.69, 9.17) is 42.6 Å². The quantitative estimate of drug-likeness (QED) is 0.171. The van der Waals surface area contributed by atoms with Gasteiger partial charge in [-0.05, 0) is 32.1 Å². The van der Waals surface area contributed by atoms with E-state index in [1.54, 1.807) is 26.6 Å². The molecule has 2 saturated heterocycles. The molecule has 2 aromatic heterocycles. The summed E-state index contributed by atoms with van der Waals surface area (Å²) in [5, 5.41) is 9.96. The Balaban J connectivity index is 1.21. The van der Waals surface area contributed by atoms with Crippen molar-refractivity contribution >= 4 is 35.0 Å². The van der Waals surface area contributed by atoms with Gasteiger partial charge in [-0.2, -0.15) is 0 Å². The Hall–Kier alpha value is -4.32. The Morgan fingerprint density at radius 2 is 1.29 bits per heavy atom. The summed E-state index contributed by atoms with van der Waals surface area (Å²) in [7, 11) is 3.12. The Labute approximate surface area is 289 Å². The molecule has 48 heavy (non-hydrogen) atoms. The van der Waals surface area contributed by atoms with Crippen LogP contribution in [0.25, 0.3) is 33.6 Å². The molecule has 4 heterocycles. The average Bonchev–Trinajstić information content (AvgIpc) is 3.71. The Morgan fingerprint density at radius 1 is 0.771 bits per heavy atom. The Bertz CT molecular complexity index is 1690. The maximum atomic E-state index is 11.9. The molecular formula is C35H37Cl2N7O4. The van der Waals surface area contributed by atoms with Gasteiger partial charge in [-0.15, -0.1) is 0 Å². The molecule has 0 aliphatic carbocycles. The SMILES string of the molecule is COc1nc(-c2cccc(-c3cccc(-c4cnc(CNCC5CCNC5=O)c(OC)n4)c3Cl)c2Cl)cnc1CCCC1CCNC1=O. The van der Waals surface area contributed by atoms with Crippen molar-refractivity contribution in [2.45, 2.75) is 38.6 Å². The molecule has 4 aromatic rings. The highest BCUT2D eigenvalue weighted by Crippen LogP contribution is 2.42. The van der Waals surface area contributed by atoms with Gasteiger partial charge in [-0.1, -0.05) is 59.6 Å². The third-order valence-electron chi connectivity index (χ3n) is 8.82. The maximum Gasteiger partial charge on any atom is 0.237 e. The van der Waals surface area contributed by atoms with E-state index in [0.29, 0.717) is 76.1 Å². The van der Waals surface area contributed by atoms with Gasteiger partial charge < -0.3 is 25.4 Å². The van der Waals surface area contributed by atoms with Crippen molar-refractivity contribution in [3.63, 3.8) is 0 Å². The van der Waals surface area contributed by atoms with E-state index in [1.807, 2.05) is 36.4 Å². The summed E-state index contributed by atoms with van der Waals surface area (Å²) >= 11 is 14.1. The van der Waals surface area contributed by atoms with Gasteiger partial charge in [0.1, 0.15) is 11.4 Å². The molecule has 2 aliphatic rings. The number of amides is 2. The second-order valence-corrected chi connectivity index (χ2v) is 12.6. The molecule has 250 valence electrons. The molecule has 2 amide bonds. The molecular weight excluding hydrogens is 653 g/mol. The standard InChI is InChI=1S/C35H37Cl2N7O4/c1-47-34-26(11-3-6-20-12-14-39-32(20)45)41-18-27(43-34)24-9-4-7-22(30(24)36)23-8-5-10-25(31(23)37)28-19-42-29(35(44-28)48-2)17-38-16-21-13-15-40-33(21)46/h4-5,7-10,18-21,38H,3,6,11-17H2,1-2H3,(H,39,45)(H,40,46). The van der Waals surface area contributed by atoms with Crippen molar-refractivity contribution in [3.05, 3.63) is 70.2 Å². The van der Waals surface area contributed by atoms with Crippen molar-refractivity contribution < 1.29 is 19.1 Å². The van der Waals surface area contributed by atoms with Crippen LogP contribution in [0.15, 0.2) is 48.8 Å². The van der Waals surface area contributed by atoms with Crippen LogP contribution in [0.3, 0.4) is 0 Å². The first kappa shape index (κ1) is 33.6. The lowest BCUT2D eigenvalue weighted by Gasteiger charge is -2.15. The summed E-state index contributed by atoms with van der Waals surface area (Å²) in [5.74, 6) is 1.01. The van der Waals surface area contributed by atoms with Crippen LogP contribution in [-0.2, 0) is 22.6 Å². The highest BCUT2D eigenvalue weighted by molar-refractivity contribution is 6.39. The molecule has 11 nitrogen and oxygen atoms in total. The van der Waals surface area contributed by atoms with Gasteiger partial charge in [0.25, 0.3) is 0 Å². The highest BCUT2D eigenvalue weighted by Gasteiger charge is 2.25. The first-order valence-electron chi connectivity index (χ1n) is 16.0. The number of carbonyl (C=O) groups is 2. The van der Waals surface area contributed by atoms with Crippen molar-refractivity contribution in [2.75, 3.05) is 33.9 Å². The fourth-order valence-corrected chi connectivity index (χ4v) is 6.84. The van der Waals surface area contributed by atoms with Crippen LogP contribution in [0.2, 0.25) is 10.0 Å². The summed E-state index contributed by atoms with van der Waals surface area (Å²) < 4.78 is 11.2. The molecule has 2 atom stereocenters. The van der Waals surface area contributed by atoms with Gasteiger partial charge in [0.05, 0.1) is 54.0 Å². The zero-order valence-corrected chi connectivity index (χ0v) is 28.3. The molecule has 0 saturated carbocycles. The van der Waals surface area contributed by atoms with Gasteiger partial charge in [-0.3, -0.25) is 19.6 Å². The molecule has 3 N–H and O–H groups in total. The number of halogens is 2. The normalized spacial score (nSPS) is 17.3. The lowest BCUT2D eigenvalue weighted by atomic mass is 9.98. The molecule has 13 heteroatoms. The predicted octanol–water partition coefficient (Wildman–Crippen LogP) is 5.28. The first-order chi connectivity index (χ1) is 23.4. The van der Waals surface area contributed by atoms with Crippen molar-refractivity contribution in [1.29, 1.82) is 0 Å². The van der Waals surface area contributed by atoms with E-state index in [1.165, 1.54) is 0 Å². The van der Waals surface area contributed by atoms with Gasteiger partial charge in [0.15, 0.2) is 0 Å². The van der Waals surface area contributed by atoms with Gasteiger partial charge in [-0.25, -0.2) is 9.97 Å². The number of nitrogens with zero attached hydrogens (tertiary/aromatic N) is 4. The zero-order valence-electron chi connectivity index (χ0n) is 26.8. The number of aryl methyl sites for hydroxylation is 1. The van der Waals surface area contributed by atoms with Crippen molar-refractivity contribution in [2.24, 2.45) is 11.8 Å². The molecule has 2 fully saturated rings. The van der Waals surface area contributed by atoms with Crippen molar-refractivity contribution in [3.8, 4) is 45.4 Å². The Kier molecular flexibility index (Phi) is 10.7. The molecule has 6 rings (SSSR count). The van der Waals surface area contributed by atoms with Gasteiger partial charge in [0.2, 0.25) is 23.6 Å². The second kappa shape index (κ2) is 15.3. The second-order valence-electron chi connectivity index (χ2n) is 11.8. The molecule has 2 aliphatic heterocycles. The van der Waals surface area contributed by atoms with E-state index in [0.717, 1.165) is 49.0 Å². The number of hydrogen-bond acceptors (Lipinski definition) is 9.